The summed E-state index contributed by atoms with van der Waals surface area (Å²) in [5.41, 5.74) is 1.87. The van der Waals surface area contributed by atoms with Gasteiger partial charge in [0.15, 0.2) is 0 Å². The Kier molecular flexibility index (Phi) is 5.47. The fraction of sp³-hybridized carbons (Fsp3) is 0.435. The SMILES string of the molecule is COC(=O)C1C2CCC(C[C@@H]1OC(c1ccccc1)c1ccc(F)cc1)N2C. The molecule has 2 aromatic rings. The van der Waals surface area contributed by atoms with Crippen LogP contribution in [0.15, 0.2) is 54.6 Å². The van der Waals surface area contributed by atoms with E-state index in [-0.39, 0.29) is 36.0 Å². The van der Waals surface area contributed by atoms with E-state index in [2.05, 4.69) is 11.9 Å². The summed E-state index contributed by atoms with van der Waals surface area (Å²) in [6, 6.07) is 16.9. The Balaban J connectivity index is 1.67. The summed E-state index contributed by atoms with van der Waals surface area (Å²) in [7, 11) is 3.53. The second-order valence-electron chi connectivity index (χ2n) is 7.77. The minimum atomic E-state index is -0.359. The fourth-order valence-corrected chi connectivity index (χ4v) is 4.80. The number of hydrogen-bond acceptors (Lipinski definition) is 4. The van der Waals surface area contributed by atoms with Crippen molar-refractivity contribution in [1.29, 1.82) is 0 Å². The maximum absolute atomic E-state index is 13.5. The molecule has 0 amide bonds. The second-order valence-corrected chi connectivity index (χ2v) is 7.77. The first-order valence-electron chi connectivity index (χ1n) is 9.84. The molecule has 2 bridgehead atoms. The van der Waals surface area contributed by atoms with Gasteiger partial charge in [0, 0.05) is 12.1 Å². The molecular weight excluding hydrogens is 357 g/mol. The zero-order valence-electron chi connectivity index (χ0n) is 16.3. The summed E-state index contributed by atoms with van der Waals surface area (Å²) < 4.78 is 25.2. The highest BCUT2D eigenvalue weighted by atomic mass is 19.1. The lowest BCUT2D eigenvalue weighted by Crippen LogP contribution is -2.53. The fourth-order valence-electron chi connectivity index (χ4n) is 4.80. The van der Waals surface area contributed by atoms with Crippen LogP contribution in [0.2, 0.25) is 0 Å². The molecule has 0 aromatic heterocycles. The monoisotopic (exact) mass is 383 g/mol. The predicted octanol–water partition coefficient (Wildman–Crippen LogP) is 3.96. The minimum Gasteiger partial charge on any atom is -0.469 e. The molecule has 4 unspecified atom stereocenters. The number of carbonyl (C=O) groups is 1. The van der Waals surface area contributed by atoms with Gasteiger partial charge in [-0.05, 0) is 49.6 Å². The number of methoxy groups -OCH3 is 1. The van der Waals surface area contributed by atoms with Gasteiger partial charge in [-0.2, -0.15) is 0 Å². The average molecular weight is 383 g/mol. The number of rotatable bonds is 5. The Morgan fingerprint density at radius 3 is 2.43 bits per heavy atom. The molecule has 5 heteroatoms. The van der Waals surface area contributed by atoms with Crippen molar-refractivity contribution < 1.29 is 18.7 Å². The maximum atomic E-state index is 13.5. The molecule has 5 atom stereocenters. The number of nitrogens with zero attached hydrogens (tertiary/aromatic N) is 1. The smallest absolute Gasteiger partial charge is 0.312 e. The highest BCUT2D eigenvalue weighted by molar-refractivity contribution is 5.74. The molecule has 0 saturated carbocycles. The van der Waals surface area contributed by atoms with Gasteiger partial charge in [-0.3, -0.25) is 9.69 Å². The van der Waals surface area contributed by atoms with Gasteiger partial charge in [0.1, 0.15) is 11.9 Å². The van der Waals surface area contributed by atoms with Crippen LogP contribution < -0.4 is 0 Å². The lowest BCUT2D eigenvalue weighted by molar-refractivity contribution is -0.162. The van der Waals surface area contributed by atoms with Crippen LogP contribution >= 0.6 is 0 Å². The molecule has 0 spiro atoms. The van der Waals surface area contributed by atoms with Crippen LogP contribution in [0, 0.1) is 11.7 Å². The highest BCUT2D eigenvalue weighted by Crippen LogP contribution is 2.42. The van der Waals surface area contributed by atoms with Crippen molar-refractivity contribution in [2.24, 2.45) is 5.92 Å². The molecule has 2 fully saturated rings. The van der Waals surface area contributed by atoms with Gasteiger partial charge < -0.3 is 9.47 Å². The van der Waals surface area contributed by atoms with Gasteiger partial charge in [-0.1, -0.05) is 42.5 Å². The van der Waals surface area contributed by atoms with Gasteiger partial charge in [0.05, 0.1) is 19.1 Å². The molecule has 0 aliphatic carbocycles. The highest BCUT2D eigenvalue weighted by Gasteiger charge is 2.50. The van der Waals surface area contributed by atoms with E-state index in [1.807, 2.05) is 30.3 Å². The van der Waals surface area contributed by atoms with E-state index in [4.69, 9.17) is 9.47 Å². The largest absolute Gasteiger partial charge is 0.469 e. The molecule has 28 heavy (non-hydrogen) atoms. The molecule has 148 valence electrons. The van der Waals surface area contributed by atoms with E-state index in [1.165, 1.54) is 19.2 Å². The normalized spacial score (nSPS) is 28.1. The Labute approximate surface area is 165 Å². The number of hydrogen-bond donors (Lipinski definition) is 0. The number of ether oxygens (including phenoxy) is 2. The summed E-state index contributed by atoms with van der Waals surface area (Å²) in [4.78, 5) is 14.9. The van der Waals surface area contributed by atoms with E-state index in [1.54, 1.807) is 12.1 Å². The average Bonchev–Trinajstić information content (AvgIpc) is 2.96. The molecule has 4 rings (SSSR count). The van der Waals surface area contributed by atoms with Gasteiger partial charge in [-0.15, -0.1) is 0 Å². The summed E-state index contributed by atoms with van der Waals surface area (Å²) in [6.45, 7) is 0. The summed E-state index contributed by atoms with van der Waals surface area (Å²) in [5.74, 6) is -0.811. The van der Waals surface area contributed by atoms with Crippen molar-refractivity contribution in [3.63, 3.8) is 0 Å². The van der Waals surface area contributed by atoms with Crippen LogP contribution in [0.1, 0.15) is 36.5 Å². The van der Waals surface area contributed by atoms with Crippen LogP contribution in [0.5, 0.6) is 0 Å². The van der Waals surface area contributed by atoms with Crippen molar-refractivity contribution in [2.45, 2.75) is 43.6 Å². The molecule has 0 radical (unpaired) electrons. The lowest BCUT2D eigenvalue weighted by atomic mass is 9.87. The van der Waals surface area contributed by atoms with Crippen LogP contribution in [0.3, 0.4) is 0 Å². The lowest BCUT2D eigenvalue weighted by Gasteiger charge is -2.42. The van der Waals surface area contributed by atoms with E-state index in [0.717, 1.165) is 30.4 Å². The molecule has 2 saturated heterocycles. The zero-order valence-corrected chi connectivity index (χ0v) is 16.3. The molecule has 4 nitrogen and oxygen atoms in total. The number of piperidine rings is 1. The summed E-state index contributed by atoms with van der Waals surface area (Å²) in [5, 5.41) is 0. The number of halogens is 1. The predicted molar refractivity (Wildman–Crippen MR) is 104 cm³/mol. The molecule has 2 aliphatic heterocycles. The Morgan fingerprint density at radius 2 is 1.75 bits per heavy atom. The van der Waals surface area contributed by atoms with Crippen LogP contribution in [-0.2, 0) is 14.3 Å². The molecular formula is C23H26FNO3. The Bertz CT molecular complexity index is 810. The third kappa shape index (κ3) is 3.56. The Hall–Kier alpha value is -2.24. The number of esters is 1. The third-order valence-electron chi connectivity index (χ3n) is 6.27. The van der Waals surface area contributed by atoms with Crippen molar-refractivity contribution in [2.75, 3.05) is 14.2 Å². The van der Waals surface area contributed by atoms with Gasteiger partial charge in [0.25, 0.3) is 0 Å². The minimum absolute atomic E-state index is 0.140. The topological polar surface area (TPSA) is 38.8 Å². The van der Waals surface area contributed by atoms with Gasteiger partial charge >= 0.3 is 5.97 Å². The van der Waals surface area contributed by atoms with Crippen molar-refractivity contribution in [1.82, 2.24) is 4.90 Å². The van der Waals surface area contributed by atoms with Crippen molar-refractivity contribution in [3.05, 3.63) is 71.5 Å². The molecule has 2 aliphatic rings. The second kappa shape index (κ2) is 8.02. The van der Waals surface area contributed by atoms with Crippen LogP contribution in [0.25, 0.3) is 0 Å². The number of fused-ring (bicyclic) bond motifs is 2. The molecule has 0 N–H and O–H groups in total. The summed E-state index contributed by atoms with van der Waals surface area (Å²) in [6.07, 6.45) is 2.24. The number of carbonyl (C=O) groups excluding carboxylic acids is 1. The third-order valence-corrected chi connectivity index (χ3v) is 6.27. The van der Waals surface area contributed by atoms with Crippen molar-refractivity contribution >= 4 is 5.97 Å². The Morgan fingerprint density at radius 1 is 1.07 bits per heavy atom. The molecule has 2 aromatic carbocycles. The maximum Gasteiger partial charge on any atom is 0.312 e. The van der Waals surface area contributed by atoms with Gasteiger partial charge in [-0.25, -0.2) is 4.39 Å². The standard InChI is InChI=1S/C23H26FNO3/c1-25-18-12-13-19(25)21(23(26)27-2)20(14-18)28-22(15-6-4-3-5-7-15)16-8-10-17(24)11-9-16/h3-11,18-22H,12-14H2,1-2H3/t18?,19?,20-,21?,22?/m0/s1. The molecule has 2 heterocycles. The van der Waals surface area contributed by atoms with E-state index in [9.17, 15) is 9.18 Å². The number of benzene rings is 2. The van der Waals surface area contributed by atoms with E-state index in [0.29, 0.717) is 6.04 Å². The zero-order chi connectivity index (χ0) is 19.7. The van der Waals surface area contributed by atoms with E-state index >= 15 is 0 Å². The summed E-state index contributed by atoms with van der Waals surface area (Å²) >= 11 is 0. The first kappa shape index (κ1) is 19.1. The first-order valence-corrected chi connectivity index (χ1v) is 9.84. The van der Waals surface area contributed by atoms with Gasteiger partial charge in [0.2, 0.25) is 0 Å². The van der Waals surface area contributed by atoms with Crippen LogP contribution in [0.4, 0.5) is 4.39 Å². The van der Waals surface area contributed by atoms with Crippen molar-refractivity contribution in [3.8, 4) is 0 Å². The quantitative estimate of drug-likeness (QED) is 0.733. The van der Waals surface area contributed by atoms with E-state index < -0.39 is 0 Å². The van der Waals surface area contributed by atoms with Crippen LogP contribution in [-0.4, -0.2) is 43.2 Å². The first-order chi connectivity index (χ1) is 13.6.